The van der Waals surface area contributed by atoms with Gasteiger partial charge in [-0.2, -0.15) is 8.78 Å². The second-order valence-corrected chi connectivity index (χ2v) is 5.14. The topological polar surface area (TPSA) is 74.0 Å². The SMILES string of the molecule is CCOc1cc(CN(C)C(=O)CC(CN)OC)ccc1OC(F)F.Cl. The number of nitrogens with two attached hydrogens (primary N) is 1. The molecule has 0 fully saturated rings. The molecule has 1 rings (SSSR count). The van der Waals surface area contributed by atoms with Crippen LogP contribution in [0.25, 0.3) is 0 Å². The standard InChI is InChI=1S/C16H24F2N2O4.ClH/c1-4-23-14-7-11(5-6-13(14)24-16(17)18)10-20(2)15(21)8-12(9-19)22-3;/h5-7,12,16H,4,8-10,19H2,1-3H3;1H. The van der Waals surface area contributed by atoms with E-state index in [0.29, 0.717) is 13.2 Å². The highest BCUT2D eigenvalue weighted by molar-refractivity contribution is 5.85. The zero-order valence-corrected chi connectivity index (χ0v) is 15.4. The minimum Gasteiger partial charge on any atom is -0.490 e. The lowest BCUT2D eigenvalue weighted by Gasteiger charge is -2.21. The Balaban J connectivity index is 0.00000576. The molecule has 0 bridgehead atoms. The van der Waals surface area contributed by atoms with Gasteiger partial charge in [-0.05, 0) is 24.6 Å². The maximum atomic E-state index is 12.4. The number of hydrogen-bond acceptors (Lipinski definition) is 5. The van der Waals surface area contributed by atoms with Crippen molar-refractivity contribution < 1.29 is 27.8 Å². The van der Waals surface area contributed by atoms with Gasteiger partial charge in [-0.25, -0.2) is 0 Å². The molecule has 0 spiro atoms. The van der Waals surface area contributed by atoms with E-state index in [-0.39, 0.29) is 48.9 Å². The third kappa shape index (κ3) is 7.85. The largest absolute Gasteiger partial charge is 0.490 e. The molecule has 1 aromatic carbocycles. The van der Waals surface area contributed by atoms with Crippen molar-refractivity contribution in [3.05, 3.63) is 23.8 Å². The molecular weight excluding hydrogens is 358 g/mol. The minimum atomic E-state index is -2.93. The number of methoxy groups -OCH3 is 1. The predicted molar refractivity (Wildman–Crippen MR) is 92.4 cm³/mol. The molecule has 0 aromatic heterocycles. The van der Waals surface area contributed by atoms with Gasteiger partial charge in [-0.1, -0.05) is 6.07 Å². The first-order valence-corrected chi connectivity index (χ1v) is 7.58. The van der Waals surface area contributed by atoms with Gasteiger partial charge >= 0.3 is 6.61 Å². The second-order valence-electron chi connectivity index (χ2n) is 5.14. The van der Waals surface area contributed by atoms with Gasteiger partial charge in [0.15, 0.2) is 11.5 Å². The van der Waals surface area contributed by atoms with Crippen molar-refractivity contribution >= 4 is 18.3 Å². The third-order valence-corrected chi connectivity index (χ3v) is 3.37. The summed E-state index contributed by atoms with van der Waals surface area (Å²) in [5.41, 5.74) is 6.24. The third-order valence-electron chi connectivity index (χ3n) is 3.37. The number of ether oxygens (including phenoxy) is 3. The molecule has 0 saturated carbocycles. The van der Waals surface area contributed by atoms with Crippen molar-refractivity contribution in [1.82, 2.24) is 4.90 Å². The van der Waals surface area contributed by atoms with Gasteiger partial charge < -0.3 is 24.8 Å². The molecule has 2 N–H and O–H groups in total. The minimum absolute atomic E-state index is 0. The fourth-order valence-electron chi connectivity index (χ4n) is 2.09. The van der Waals surface area contributed by atoms with Crippen molar-refractivity contribution in [2.45, 2.75) is 32.6 Å². The maximum Gasteiger partial charge on any atom is 0.387 e. The molecule has 1 amide bonds. The van der Waals surface area contributed by atoms with Crippen LogP contribution in [0.2, 0.25) is 0 Å². The van der Waals surface area contributed by atoms with Crippen LogP contribution in [0.15, 0.2) is 18.2 Å². The van der Waals surface area contributed by atoms with E-state index in [1.807, 2.05) is 0 Å². The quantitative estimate of drug-likeness (QED) is 0.672. The van der Waals surface area contributed by atoms with Crippen molar-refractivity contribution in [3.63, 3.8) is 0 Å². The van der Waals surface area contributed by atoms with Crippen LogP contribution in [0.4, 0.5) is 8.78 Å². The number of carbonyl (C=O) groups excluding carboxylic acids is 1. The Hall–Kier alpha value is -1.64. The molecule has 0 aliphatic carbocycles. The van der Waals surface area contributed by atoms with Gasteiger partial charge in [-0.3, -0.25) is 4.79 Å². The summed E-state index contributed by atoms with van der Waals surface area (Å²) >= 11 is 0. The summed E-state index contributed by atoms with van der Waals surface area (Å²) in [4.78, 5) is 13.6. The van der Waals surface area contributed by atoms with Crippen LogP contribution in [0.5, 0.6) is 11.5 Å². The normalized spacial score (nSPS) is 11.6. The van der Waals surface area contributed by atoms with E-state index in [2.05, 4.69) is 4.74 Å². The first kappa shape index (κ1) is 23.4. The first-order chi connectivity index (χ1) is 11.4. The number of benzene rings is 1. The molecule has 25 heavy (non-hydrogen) atoms. The molecule has 0 aliphatic heterocycles. The monoisotopic (exact) mass is 382 g/mol. The van der Waals surface area contributed by atoms with Crippen LogP contribution in [0.1, 0.15) is 18.9 Å². The summed E-state index contributed by atoms with van der Waals surface area (Å²) in [6.45, 7) is -0.323. The van der Waals surface area contributed by atoms with Gasteiger partial charge in [-0.15, -0.1) is 12.4 Å². The van der Waals surface area contributed by atoms with Gasteiger partial charge in [0, 0.05) is 27.2 Å². The van der Waals surface area contributed by atoms with Crippen LogP contribution in [-0.2, 0) is 16.1 Å². The summed E-state index contributed by atoms with van der Waals surface area (Å²) in [5, 5.41) is 0. The summed E-state index contributed by atoms with van der Waals surface area (Å²) in [7, 11) is 3.15. The number of alkyl halides is 2. The van der Waals surface area contributed by atoms with Crippen LogP contribution in [0.3, 0.4) is 0 Å². The zero-order valence-electron chi connectivity index (χ0n) is 14.5. The van der Waals surface area contributed by atoms with E-state index in [1.165, 1.54) is 18.1 Å². The summed E-state index contributed by atoms with van der Waals surface area (Å²) in [6, 6.07) is 4.60. The van der Waals surface area contributed by atoms with Crippen molar-refractivity contribution in [1.29, 1.82) is 0 Å². The highest BCUT2D eigenvalue weighted by Gasteiger charge is 2.17. The van der Waals surface area contributed by atoms with E-state index in [1.54, 1.807) is 26.1 Å². The predicted octanol–water partition coefficient (Wildman–Crippen LogP) is 2.43. The summed E-state index contributed by atoms with van der Waals surface area (Å²) < 4.78 is 39.6. The molecule has 6 nitrogen and oxygen atoms in total. The molecule has 0 saturated heterocycles. The van der Waals surface area contributed by atoms with E-state index in [0.717, 1.165) is 5.56 Å². The molecular formula is C16H25ClF2N2O4. The molecule has 1 unspecified atom stereocenters. The lowest BCUT2D eigenvalue weighted by Crippen LogP contribution is -2.33. The average Bonchev–Trinajstić information content (AvgIpc) is 2.54. The van der Waals surface area contributed by atoms with Gasteiger partial charge in [0.2, 0.25) is 5.91 Å². The number of carbonyl (C=O) groups is 1. The lowest BCUT2D eigenvalue weighted by molar-refractivity contribution is -0.132. The van der Waals surface area contributed by atoms with Crippen LogP contribution in [0, 0.1) is 0 Å². The smallest absolute Gasteiger partial charge is 0.387 e. The van der Waals surface area contributed by atoms with Crippen molar-refractivity contribution in [3.8, 4) is 11.5 Å². The van der Waals surface area contributed by atoms with E-state index >= 15 is 0 Å². The fourth-order valence-corrected chi connectivity index (χ4v) is 2.09. The van der Waals surface area contributed by atoms with Gasteiger partial charge in [0.25, 0.3) is 0 Å². The fraction of sp³-hybridized carbons (Fsp3) is 0.562. The summed E-state index contributed by atoms with van der Waals surface area (Å²) in [6.07, 6.45) is -0.158. The Morgan fingerprint density at radius 2 is 2.00 bits per heavy atom. The number of nitrogens with zero attached hydrogens (tertiary/aromatic N) is 1. The molecule has 0 aliphatic rings. The molecule has 0 radical (unpaired) electrons. The van der Waals surface area contributed by atoms with Crippen molar-refractivity contribution in [2.75, 3.05) is 27.3 Å². The zero-order chi connectivity index (χ0) is 18.1. The number of amides is 1. The molecule has 1 atom stereocenters. The van der Waals surface area contributed by atoms with E-state index in [4.69, 9.17) is 15.2 Å². The van der Waals surface area contributed by atoms with Crippen molar-refractivity contribution in [2.24, 2.45) is 5.73 Å². The van der Waals surface area contributed by atoms with E-state index < -0.39 is 6.61 Å². The lowest BCUT2D eigenvalue weighted by atomic mass is 10.1. The van der Waals surface area contributed by atoms with Crippen LogP contribution in [-0.4, -0.2) is 50.8 Å². The average molecular weight is 383 g/mol. The van der Waals surface area contributed by atoms with Gasteiger partial charge in [0.05, 0.1) is 19.1 Å². The van der Waals surface area contributed by atoms with Crippen LogP contribution < -0.4 is 15.2 Å². The Morgan fingerprint density at radius 1 is 1.32 bits per heavy atom. The van der Waals surface area contributed by atoms with Gasteiger partial charge in [0.1, 0.15) is 0 Å². The highest BCUT2D eigenvalue weighted by Crippen LogP contribution is 2.30. The number of halogens is 3. The number of hydrogen-bond donors (Lipinski definition) is 1. The van der Waals surface area contributed by atoms with E-state index in [9.17, 15) is 13.6 Å². The first-order valence-electron chi connectivity index (χ1n) is 7.58. The maximum absolute atomic E-state index is 12.4. The molecule has 144 valence electrons. The Kier molecular flexibility index (Phi) is 11.1. The Morgan fingerprint density at radius 3 is 2.52 bits per heavy atom. The molecule has 1 aromatic rings. The Labute approximate surface area is 152 Å². The Bertz CT molecular complexity index is 531. The second kappa shape index (κ2) is 11.8. The molecule has 9 heteroatoms. The number of rotatable bonds is 10. The highest BCUT2D eigenvalue weighted by atomic mass is 35.5. The van der Waals surface area contributed by atoms with Crippen LogP contribution >= 0.6 is 12.4 Å². The summed E-state index contributed by atoms with van der Waals surface area (Å²) in [5.74, 6) is 0.0539. The molecule has 0 heterocycles.